The molecule has 2 aliphatic rings. The summed E-state index contributed by atoms with van der Waals surface area (Å²) >= 11 is 1.04. The van der Waals surface area contributed by atoms with Gasteiger partial charge in [-0.05, 0) is 30.2 Å². The molecule has 0 spiro atoms. The summed E-state index contributed by atoms with van der Waals surface area (Å²) in [6.45, 7) is -0.298. The Labute approximate surface area is 203 Å². The van der Waals surface area contributed by atoms with Crippen LogP contribution in [0.4, 0.5) is 4.39 Å². The molecule has 0 aliphatic carbocycles. The minimum absolute atomic E-state index is 0.0921. The van der Waals surface area contributed by atoms with Crippen molar-refractivity contribution in [2.24, 2.45) is 5.73 Å². The van der Waals surface area contributed by atoms with Gasteiger partial charge in [-0.1, -0.05) is 18.2 Å². The van der Waals surface area contributed by atoms with Crippen LogP contribution in [-0.2, 0) is 36.4 Å². The van der Waals surface area contributed by atoms with Gasteiger partial charge in [0.25, 0.3) is 10.2 Å². The Bertz CT molecular complexity index is 1360. The van der Waals surface area contributed by atoms with Crippen molar-refractivity contribution in [1.82, 2.24) is 8.61 Å². The van der Waals surface area contributed by atoms with Crippen molar-refractivity contribution in [3.8, 4) is 0 Å². The molecule has 14 heteroatoms. The first-order valence-corrected chi connectivity index (χ1v) is 16.3. The second kappa shape index (κ2) is 9.56. The Kier molecular flexibility index (Phi) is 7.22. The van der Waals surface area contributed by atoms with Crippen LogP contribution in [0.5, 0.6) is 0 Å². The van der Waals surface area contributed by atoms with E-state index in [1.165, 1.54) is 18.2 Å². The highest BCUT2D eigenvalue weighted by Crippen LogP contribution is 2.37. The number of hydrogen-bond donors (Lipinski definition) is 1. The summed E-state index contributed by atoms with van der Waals surface area (Å²) in [4.78, 5) is 0.688. The molecule has 2 saturated heterocycles. The summed E-state index contributed by atoms with van der Waals surface area (Å²) in [6, 6.07) is 8.19. The second-order valence-electron chi connectivity index (χ2n) is 8.44. The van der Waals surface area contributed by atoms with E-state index in [1.807, 2.05) is 0 Å². The van der Waals surface area contributed by atoms with Crippen molar-refractivity contribution < 1.29 is 29.6 Å². The van der Waals surface area contributed by atoms with Gasteiger partial charge in [0, 0.05) is 43.0 Å². The number of halogens is 1. The molecule has 0 saturated carbocycles. The van der Waals surface area contributed by atoms with Gasteiger partial charge < -0.3 is 5.73 Å². The molecular formula is C20H26FN3O6S4. The summed E-state index contributed by atoms with van der Waals surface area (Å²) in [5.74, 6) is -2.07. The number of hydrogen-bond acceptors (Lipinski definition) is 8. The minimum atomic E-state index is -4.17. The molecule has 1 aromatic heterocycles. The average Bonchev–Trinajstić information content (AvgIpc) is 3.41. The molecule has 1 aromatic carbocycles. The number of nitrogens with zero attached hydrogens (tertiary/aromatic N) is 2. The first-order valence-electron chi connectivity index (χ1n) is 10.7. The lowest BCUT2D eigenvalue weighted by atomic mass is 9.96. The second-order valence-corrected chi connectivity index (χ2v) is 16.1. The van der Waals surface area contributed by atoms with Crippen LogP contribution < -0.4 is 5.73 Å². The van der Waals surface area contributed by atoms with Crippen molar-refractivity contribution in [2.45, 2.75) is 29.1 Å². The standard InChI is InChI=1S/C20H26FN3O6S4/c21-19-4-2-1-3-18(19)15-11-16(14-33(27,28)20-6-5-17(12-22)31-20)24(13-15)34(29,30)23-7-9-32(25,26)10-8-23/h1-6,15-16H,7-14,22H2/t15-,16-/m1/s1. The molecule has 0 unspecified atom stereocenters. The maximum absolute atomic E-state index is 14.5. The third-order valence-corrected chi connectivity index (χ3v) is 13.3. The molecule has 0 radical (unpaired) electrons. The monoisotopic (exact) mass is 551 g/mol. The fourth-order valence-electron chi connectivity index (χ4n) is 4.40. The smallest absolute Gasteiger partial charge is 0.282 e. The first kappa shape index (κ1) is 25.7. The number of thiophene rings is 1. The summed E-state index contributed by atoms with van der Waals surface area (Å²) in [5, 5.41) is 0. The zero-order chi connectivity index (χ0) is 24.7. The van der Waals surface area contributed by atoms with E-state index in [9.17, 15) is 29.6 Å². The van der Waals surface area contributed by atoms with Gasteiger partial charge in [-0.25, -0.2) is 21.2 Å². The first-order chi connectivity index (χ1) is 15.9. The van der Waals surface area contributed by atoms with Crippen molar-refractivity contribution >= 4 is 41.2 Å². The molecule has 0 amide bonds. The van der Waals surface area contributed by atoms with Gasteiger partial charge in [0.1, 0.15) is 10.0 Å². The highest BCUT2D eigenvalue weighted by molar-refractivity contribution is 7.93. The van der Waals surface area contributed by atoms with Gasteiger partial charge >= 0.3 is 0 Å². The maximum atomic E-state index is 14.5. The summed E-state index contributed by atoms with van der Waals surface area (Å²) in [6.07, 6.45) is 0.126. The molecule has 2 aromatic rings. The van der Waals surface area contributed by atoms with Crippen LogP contribution in [0.25, 0.3) is 0 Å². The van der Waals surface area contributed by atoms with Crippen molar-refractivity contribution in [2.75, 3.05) is 36.9 Å². The molecule has 188 valence electrons. The molecule has 34 heavy (non-hydrogen) atoms. The van der Waals surface area contributed by atoms with Crippen LogP contribution in [0.2, 0.25) is 0 Å². The van der Waals surface area contributed by atoms with Crippen LogP contribution in [0, 0.1) is 5.82 Å². The fourth-order valence-corrected chi connectivity index (χ4v) is 10.7. The zero-order valence-corrected chi connectivity index (χ0v) is 21.5. The number of nitrogens with two attached hydrogens (primary N) is 1. The molecule has 2 aliphatic heterocycles. The molecule has 2 atom stereocenters. The number of benzene rings is 1. The quantitative estimate of drug-likeness (QED) is 0.541. The Morgan fingerprint density at radius 1 is 1.06 bits per heavy atom. The van der Waals surface area contributed by atoms with Crippen LogP contribution in [0.3, 0.4) is 0 Å². The lowest BCUT2D eigenvalue weighted by molar-refractivity contribution is 0.341. The average molecular weight is 552 g/mol. The van der Waals surface area contributed by atoms with E-state index in [0.29, 0.717) is 10.4 Å². The van der Waals surface area contributed by atoms with Crippen molar-refractivity contribution in [3.05, 3.63) is 52.7 Å². The lowest BCUT2D eigenvalue weighted by Crippen LogP contribution is -2.52. The number of rotatable bonds is 7. The van der Waals surface area contributed by atoms with Crippen molar-refractivity contribution in [3.63, 3.8) is 0 Å². The van der Waals surface area contributed by atoms with Crippen LogP contribution in [0.1, 0.15) is 22.8 Å². The summed E-state index contributed by atoms with van der Waals surface area (Å²) in [7, 11) is -11.3. The minimum Gasteiger partial charge on any atom is -0.326 e. The number of sulfone groups is 2. The van der Waals surface area contributed by atoms with E-state index in [0.717, 1.165) is 19.9 Å². The Morgan fingerprint density at radius 3 is 2.35 bits per heavy atom. The van der Waals surface area contributed by atoms with Crippen LogP contribution in [0.15, 0.2) is 40.6 Å². The fraction of sp³-hybridized carbons (Fsp3) is 0.500. The molecule has 9 nitrogen and oxygen atoms in total. The molecular weight excluding hydrogens is 526 g/mol. The molecule has 0 bridgehead atoms. The Morgan fingerprint density at radius 2 is 1.74 bits per heavy atom. The Hall–Kier alpha value is -1.42. The van der Waals surface area contributed by atoms with Gasteiger partial charge in [0.05, 0.1) is 17.3 Å². The van der Waals surface area contributed by atoms with E-state index in [4.69, 9.17) is 5.73 Å². The van der Waals surface area contributed by atoms with Gasteiger partial charge in [0.2, 0.25) is 0 Å². The third-order valence-electron chi connectivity index (χ3n) is 6.19. The predicted molar refractivity (Wildman–Crippen MR) is 128 cm³/mol. The van der Waals surface area contributed by atoms with E-state index in [2.05, 4.69) is 0 Å². The molecule has 3 heterocycles. The molecule has 4 rings (SSSR count). The van der Waals surface area contributed by atoms with E-state index in [-0.39, 0.29) is 48.3 Å². The topological polar surface area (TPSA) is 135 Å². The highest BCUT2D eigenvalue weighted by Gasteiger charge is 2.46. The molecule has 2 N–H and O–H groups in total. The van der Waals surface area contributed by atoms with Gasteiger partial charge in [-0.2, -0.15) is 17.0 Å². The van der Waals surface area contributed by atoms with Crippen LogP contribution >= 0.6 is 11.3 Å². The zero-order valence-electron chi connectivity index (χ0n) is 18.2. The molecule has 2 fully saturated rings. The Balaban J connectivity index is 1.65. The third kappa shape index (κ3) is 5.22. The lowest BCUT2D eigenvalue weighted by Gasteiger charge is -2.32. The summed E-state index contributed by atoms with van der Waals surface area (Å²) < 4.78 is 93.7. The SMILES string of the molecule is NCc1ccc(S(=O)(=O)C[C@H]2C[C@@H](c3ccccc3F)CN2S(=O)(=O)N2CCS(=O)(=O)CC2)s1. The predicted octanol–water partition coefficient (Wildman–Crippen LogP) is 0.953. The maximum Gasteiger partial charge on any atom is 0.282 e. The normalized spacial score (nSPS) is 24.4. The van der Waals surface area contributed by atoms with Crippen molar-refractivity contribution in [1.29, 1.82) is 0 Å². The van der Waals surface area contributed by atoms with Gasteiger partial charge in [-0.3, -0.25) is 0 Å². The van der Waals surface area contributed by atoms with Crippen LogP contribution in [-0.4, -0.2) is 76.8 Å². The summed E-state index contributed by atoms with van der Waals surface area (Å²) in [5.41, 5.74) is 5.92. The van der Waals surface area contributed by atoms with Gasteiger partial charge in [0.15, 0.2) is 19.7 Å². The highest BCUT2D eigenvalue weighted by atomic mass is 32.2. The van der Waals surface area contributed by atoms with E-state index in [1.54, 1.807) is 18.2 Å². The van der Waals surface area contributed by atoms with E-state index >= 15 is 0 Å². The van der Waals surface area contributed by atoms with E-state index < -0.39 is 53.4 Å². The van der Waals surface area contributed by atoms with Gasteiger partial charge in [-0.15, -0.1) is 11.3 Å². The largest absolute Gasteiger partial charge is 0.326 e.